The molecule has 0 bridgehead atoms. The molecule has 0 saturated heterocycles. The summed E-state index contributed by atoms with van der Waals surface area (Å²) in [5.74, 6) is 0.579. The van der Waals surface area contributed by atoms with Crippen molar-refractivity contribution in [2.24, 2.45) is 11.7 Å². The van der Waals surface area contributed by atoms with Crippen LogP contribution >= 0.6 is 12.4 Å². The largest absolute Gasteiger partial charge is 0.486 e. The number of rotatable bonds is 6. The van der Waals surface area contributed by atoms with Gasteiger partial charge in [-0.05, 0) is 31.9 Å². The van der Waals surface area contributed by atoms with Crippen LogP contribution in [0.1, 0.15) is 27.7 Å². The Morgan fingerprint density at radius 3 is 2.10 bits per heavy atom. The van der Waals surface area contributed by atoms with Crippen LogP contribution in [0.2, 0.25) is 0 Å². The molecule has 1 aromatic carbocycles. The van der Waals surface area contributed by atoms with E-state index in [2.05, 4.69) is 0 Å². The molecule has 20 heavy (non-hydrogen) atoms. The van der Waals surface area contributed by atoms with Crippen molar-refractivity contribution in [3.8, 4) is 5.75 Å². The van der Waals surface area contributed by atoms with Crippen LogP contribution in [0.3, 0.4) is 0 Å². The number of para-hydroxylation sites is 1. The molecule has 114 valence electrons. The van der Waals surface area contributed by atoms with Crippen molar-refractivity contribution in [3.63, 3.8) is 0 Å². The third kappa shape index (κ3) is 5.80. The second kappa shape index (κ2) is 8.82. The van der Waals surface area contributed by atoms with Crippen molar-refractivity contribution >= 4 is 18.4 Å². The SMILES string of the molecule is CC(C)[C@@H](Oc1ccccc1)[C@H](C)OC(=O)[C@@H](C)N.Cl. The van der Waals surface area contributed by atoms with Gasteiger partial charge < -0.3 is 15.2 Å². The number of carbonyl (C=O) groups excluding carboxylic acids is 1. The van der Waals surface area contributed by atoms with Crippen LogP contribution in [0, 0.1) is 5.92 Å². The Labute approximate surface area is 127 Å². The highest BCUT2D eigenvalue weighted by Gasteiger charge is 2.27. The lowest BCUT2D eigenvalue weighted by molar-refractivity contribution is -0.155. The predicted octanol–water partition coefficient (Wildman–Crippen LogP) is 2.79. The van der Waals surface area contributed by atoms with Crippen molar-refractivity contribution in [1.29, 1.82) is 0 Å². The average molecular weight is 302 g/mol. The summed E-state index contributed by atoms with van der Waals surface area (Å²) in [7, 11) is 0. The molecule has 0 aromatic heterocycles. The maximum atomic E-state index is 11.5. The lowest BCUT2D eigenvalue weighted by Gasteiger charge is -2.28. The Morgan fingerprint density at radius 2 is 1.65 bits per heavy atom. The molecule has 0 fully saturated rings. The van der Waals surface area contributed by atoms with Crippen LogP contribution in [-0.4, -0.2) is 24.2 Å². The molecule has 0 radical (unpaired) electrons. The zero-order valence-electron chi connectivity index (χ0n) is 12.4. The van der Waals surface area contributed by atoms with E-state index in [1.165, 1.54) is 0 Å². The Bertz CT molecular complexity index is 395. The molecule has 0 aliphatic carbocycles. The summed E-state index contributed by atoms with van der Waals surface area (Å²) in [4.78, 5) is 11.5. The zero-order chi connectivity index (χ0) is 14.4. The molecule has 0 saturated carbocycles. The van der Waals surface area contributed by atoms with Gasteiger partial charge in [0, 0.05) is 0 Å². The van der Waals surface area contributed by atoms with Crippen LogP contribution in [0.5, 0.6) is 5.75 Å². The standard InChI is InChI=1S/C15H23NO3.ClH/c1-10(2)14(12(4)18-15(17)11(3)16)19-13-8-6-5-7-9-13;/h5-12,14H,16H2,1-4H3;1H/t11-,12+,14-;/m1./s1. The number of hydrogen-bond acceptors (Lipinski definition) is 4. The minimum absolute atomic E-state index is 0. The second-order valence-corrected chi connectivity index (χ2v) is 5.07. The Hall–Kier alpha value is -1.26. The predicted molar refractivity (Wildman–Crippen MR) is 82.1 cm³/mol. The second-order valence-electron chi connectivity index (χ2n) is 5.07. The number of esters is 1. The van der Waals surface area contributed by atoms with Crippen molar-refractivity contribution < 1.29 is 14.3 Å². The number of halogens is 1. The van der Waals surface area contributed by atoms with E-state index < -0.39 is 12.0 Å². The number of nitrogens with two attached hydrogens (primary N) is 1. The third-order valence-corrected chi connectivity index (χ3v) is 2.81. The van der Waals surface area contributed by atoms with Crippen LogP contribution in [0.25, 0.3) is 0 Å². The molecule has 3 atom stereocenters. The Kier molecular flexibility index (Phi) is 8.26. The first kappa shape index (κ1) is 18.7. The van der Waals surface area contributed by atoms with Gasteiger partial charge in [0.1, 0.15) is 24.0 Å². The van der Waals surface area contributed by atoms with Gasteiger partial charge in [0.05, 0.1) is 0 Å². The summed E-state index contributed by atoms with van der Waals surface area (Å²) in [6.45, 7) is 7.50. The molecule has 0 aliphatic rings. The Balaban J connectivity index is 0.00000361. The van der Waals surface area contributed by atoms with Gasteiger partial charge in [-0.1, -0.05) is 32.0 Å². The molecule has 0 unspecified atom stereocenters. The number of benzene rings is 1. The van der Waals surface area contributed by atoms with Crippen LogP contribution in [-0.2, 0) is 9.53 Å². The normalized spacial score (nSPS) is 14.9. The highest BCUT2D eigenvalue weighted by atomic mass is 35.5. The minimum Gasteiger partial charge on any atom is -0.486 e. The van der Waals surface area contributed by atoms with Gasteiger partial charge in [0.15, 0.2) is 0 Å². The van der Waals surface area contributed by atoms with Crippen molar-refractivity contribution in [2.75, 3.05) is 0 Å². The van der Waals surface area contributed by atoms with E-state index in [1.807, 2.05) is 51.1 Å². The maximum Gasteiger partial charge on any atom is 0.323 e. The van der Waals surface area contributed by atoms with E-state index in [0.29, 0.717) is 0 Å². The fourth-order valence-corrected chi connectivity index (χ4v) is 1.79. The molecule has 5 heteroatoms. The molecule has 0 amide bonds. The highest BCUT2D eigenvalue weighted by molar-refractivity contribution is 5.85. The summed E-state index contributed by atoms with van der Waals surface area (Å²) in [6, 6.07) is 8.89. The van der Waals surface area contributed by atoms with E-state index in [1.54, 1.807) is 6.92 Å². The van der Waals surface area contributed by atoms with E-state index in [0.717, 1.165) is 5.75 Å². The quantitative estimate of drug-likeness (QED) is 0.821. The molecule has 0 aliphatic heterocycles. The molecule has 1 rings (SSSR count). The summed E-state index contributed by atoms with van der Waals surface area (Å²) in [5.41, 5.74) is 5.50. The summed E-state index contributed by atoms with van der Waals surface area (Å²) in [6.07, 6.45) is -0.552. The maximum absolute atomic E-state index is 11.5. The van der Waals surface area contributed by atoms with Gasteiger partial charge in [-0.3, -0.25) is 4.79 Å². The van der Waals surface area contributed by atoms with Gasteiger partial charge in [0.2, 0.25) is 0 Å². The molecule has 4 nitrogen and oxygen atoms in total. The van der Waals surface area contributed by atoms with Gasteiger partial charge in [-0.25, -0.2) is 0 Å². The van der Waals surface area contributed by atoms with Gasteiger partial charge in [0.25, 0.3) is 0 Å². The topological polar surface area (TPSA) is 61.5 Å². The molecule has 0 heterocycles. The van der Waals surface area contributed by atoms with Crippen molar-refractivity contribution in [1.82, 2.24) is 0 Å². The fraction of sp³-hybridized carbons (Fsp3) is 0.533. The van der Waals surface area contributed by atoms with E-state index in [4.69, 9.17) is 15.2 Å². The fourth-order valence-electron chi connectivity index (χ4n) is 1.79. The third-order valence-electron chi connectivity index (χ3n) is 2.81. The van der Waals surface area contributed by atoms with Crippen LogP contribution in [0.4, 0.5) is 0 Å². The van der Waals surface area contributed by atoms with Crippen LogP contribution < -0.4 is 10.5 Å². The molecule has 1 aromatic rings. The first-order valence-corrected chi connectivity index (χ1v) is 6.59. The molecule has 0 spiro atoms. The number of ether oxygens (including phenoxy) is 2. The minimum atomic E-state index is -0.619. The molecule has 2 N–H and O–H groups in total. The van der Waals surface area contributed by atoms with Gasteiger partial charge in [-0.15, -0.1) is 12.4 Å². The lowest BCUT2D eigenvalue weighted by Crippen LogP contribution is -2.41. The summed E-state index contributed by atoms with van der Waals surface area (Å²) >= 11 is 0. The number of carbonyl (C=O) groups is 1. The molecular formula is C15H24ClNO3. The lowest BCUT2D eigenvalue weighted by atomic mass is 10.0. The van der Waals surface area contributed by atoms with Crippen LogP contribution in [0.15, 0.2) is 30.3 Å². The first-order chi connectivity index (χ1) is 8.91. The number of hydrogen-bond donors (Lipinski definition) is 1. The first-order valence-electron chi connectivity index (χ1n) is 6.59. The summed E-state index contributed by atoms with van der Waals surface area (Å²) in [5, 5.41) is 0. The average Bonchev–Trinajstić information content (AvgIpc) is 2.36. The Morgan fingerprint density at radius 1 is 1.10 bits per heavy atom. The van der Waals surface area contributed by atoms with Crippen molar-refractivity contribution in [3.05, 3.63) is 30.3 Å². The van der Waals surface area contributed by atoms with E-state index >= 15 is 0 Å². The van der Waals surface area contributed by atoms with Crippen molar-refractivity contribution in [2.45, 2.75) is 45.9 Å². The van der Waals surface area contributed by atoms with E-state index in [9.17, 15) is 4.79 Å². The summed E-state index contributed by atoms with van der Waals surface area (Å²) < 4.78 is 11.2. The highest BCUT2D eigenvalue weighted by Crippen LogP contribution is 2.19. The smallest absolute Gasteiger partial charge is 0.323 e. The molecular weight excluding hydrogens is 278 g/mol. The van der Waals surface area contributed by atoms with E-state index in [-0.39, 0.29) is 30.5 Å². The zero-order valence-corrected chi connectivity index (χ0v) is 13.2. The monoisotopic (exact) mass is 301 g/mol. The van der Waals surface area contributed by atoms with Gasteiger partial charge >= 0.3 is 5.97 Å². The van der Waals surface area contributed by atoms with Gasteiger partial charge in [-0.2, -0.15) is 0 Å².